The number of anilines is 1. The first-order chi connectivity index (χ1) is 8.22. The maximum atomic E-state index is 8.85. The Balaban J connectivity index is 2.13. The fourth-order valence-electron chi connectivity index (χ4n) is 1.78. The monoisotopic (exact) mass is 234 g/mol. The van der Waals surface area contributed by atoms with Crippen LogP contribution in [0.15, 0.2) is 18.6 Å². The van der Waals surface area contributed by atoms with Crippen LogP contribution in [0.25, 0.3) is 11.0 Å². The standard InChI is InChI=1S/C12H18N4O/c1-9(4-6-17)7-14-12-11-10(3-5-13-12)16(2)8-15-11/h3,5,8-9,17H,4,6-7H2,1-2H3,(H,13,14). The van der Waals surface area contributed by atoms with Gasteiger partial charge in [-0.3, -0.25) is 0 Å². The zero-order valence-electron chi connectivity index (χ0n) is 10.2. The molecule has 92 valence electrons. The summed E-state index contributed by atoms with van der Waals surface area (Å²) in [6.07, 6.45) is 4.36. The highest BCUT2D eigenvalue weighted by Crippen LogP contribution is 2.18. The molecular formula is C12H18N4O. The first-order valence-electron chi connectivity index (χ1n) is 5.83. The van der Waals surface area contributed by atoms with Crippen molar-refractivity contribution in [1.82, 2.24) is 14.5 Å². The maximum Gasteiger partial charge on any atom is 0.154 e. The van der Waals surface area contributed by atoms with Crippen LogP contribution in [-0.4, -0.2) is 32.8 Å². The predicted molar refractivity (Wildman–Crippen MR) is 67.9 cm³/mol. The van der Waals surface area contributed by atoms with E-state index in [4.69, 9.17) is 5.11 Å². The minimum Gasteiger partial charge on any atom is -0.396 e. The maximum absolute atomic E-state index is 8.85. The third kappa shape index (κ3) is 2.55. The van der Waals surface area contributed by atoms with Gasteiger partial charge in [-0.2, -0.15) is 0 Å². The van der Waals surface area contributed by atoms with Gasteiger partial charge in [0, 0.05) is 26.4 Å². The average molecular weight is 234 g/mol. The zero-order valence-corrected chi connectivity index (χ0v) is 10.2. The average Bonchev–Trinajstić information content (AvgIpc) is 2.70. The summed E-state index contributed by atoms with van der Waals surface area (Å²) in [5.74, 6) is 1.23. The van der Waals surface area contributed by atoms with Crippen molar-refractivity contribution in [3.63, 3.8) is 0 Å². The lowest BCUT2D eigenvalue weighted by Gasteiger charge is -2.11. The second-order valence-corrected chi connectivity index (χ2v) is 4.38. The van der Waals surface area contributed by atoms with Gasteiger partial charge in [0.25, 0.3) is 0 Å². The number of fused-ring (bicyclic) bond motifs is 1. The molecule has 0 aliphatic carbocycles. The Morgan fingerprint density at radius 2 is 2.29 bits per heavy atom. The number of nitrogens with one attached hydrogen (secondary N) is 1. The van der Waals surface area contributed by atoms with Gasteiger partial charge in [-0.05, 0) is 18.4 Å². The molecule has 5 nitrogen and oxygen atoms in total. The number of nitrogens with zero attached hydrogens (tertiary/aromatic N) is 3. The molecule has 0 fully saturated rings. The Hall–Kier alpha value is -1.62. The molecule has 0 amide bonds. The highest BCUT2D eigenvalue weighted by atomic mass is 16.3. The van der Waals surface area contributed by atoms with E-state index in [1.165, 1.54) is 0 Å². The van der Waals surface area contributed by atoms with Crippen molar-refractivity contribution in [2.24, 2.45) is 13.0 Å². The van der Waals surface area contributed by atoms with Crippen LogP contribution < -0.4 is 5.32 Å². The van der Waals surface area contributed by atoms with E-state index in [1.807, 2.05) is 17.7 Å². The summed E-state index contributed by atoms with van der Waals surface area (Å²) in [6.45, 7) is 3.12. The molecule has 0 saturated carbocycles. The predicted octanol–water partition coefficient (Wildman–Crippen LogP) is 1.40. The summed E-state index contributed by atoms with van der Waals surface area (Å²) in [7, 11) is 1.97. The van der Waals surface area contributed by atoms with Crippen LogP contribution in [0.4, 0.5) is 5.82 Å². The van der Waals surface area contributed by atoms with Crippen LogP contribution in [0, 0.1) is 5.92 Å². The molecule has 2 heterocycles. The molecule has 2 N–H and O–H groups in total. The van der Waals surface area contributed by atoms with Crippen molar-refractivity contribution in [2.45, 2.75) is 13.3 Å². The highest BCUT2D eigenvalue weighted by Gasteiger charge is 2.07. The summed E-state index contributed by atoms with van der Waals surface area (Å²) >= 11 is 0. The molecule has 0 spiro atoms. The van der Waals surface area contributed by atoms with Gasteiger partial charge in [-0.25, -0.2) is 9.97 Å². The highest BCUT2D eigenvalue weighted by molar-refractivity contribution is 5.85. The van der Waals surface area contributed by atoms with Crippen LogP contribution in [-0.2, 0) is 7.05 Å². The van der Waals surface area contributed by atoms with Crippen LogP contribution in [0.1, 0.15) is 13.3 Å². The largest absolute Gasteiger partial charge is 0.396 e. The van der Waals surface area contributed by atoms with E-state index < -0.39 is 0 Å². The Morgan fingerprint density at radius 3 is 3.06 bits per heavy atom. The quantitative estimate of drug-likeness (QED) is 0.821. The molecule has 5 heteroatoms. The number of aliphatic hydroxyl groups is 1. The van der Waals surface area contributed by atoms with Gasteiger partial charge in [-0.1, -0.05) is 6.92 Å². The van der Waals surface area contributed by atoms with Gasteiger partial charge in [0.05, 0.1) is 11.8 Å². The zero-order chi connectivity index (χ0) is 12.3. The lowest BCUT2D eigenvalue weighted by Crippen LogP contribution is -2.13. The molecule has 2 aromatic rings. The third-order valence-electron chi connectivity index (χ3n) is 2.88. The minimum absolute atomic E-state index is 0.226. The molecule has 2 rings (SSSR count). The van der Waals surface area contributed by atoms with Gasteiger partial charge in [0.15, 0.2) is 5.82 Å². The molecule has 2 aromatic heterocycles. The van der Waals surface area contributed by atoms with Crippen molar-refractivity contribution < 1.29 is 5.11 Å². The molecule has 0 aliphatic rings. The number of hydrogen-bond acceptors (Lipinski definition) is 4. The molecule has 0 aromatic carbocycles. The number of pyridine rings is 1. The van der Waals surface area contributed by atoms with E-state index in [1.54, 1.807) is 12.5 Å². The lowest BCUT2D eigenvalue weighted by molar-refractivity contribution is 0.266. The second kappa shape index (κ2) is 5.14. The van der Waals surface area contributed by atoms with E-state index >= 15 is 0 Å². The van der Waals surface area contributed by atoms with Gasteiger partial charge in [-0.15, -0.1) is 0 Å². The summed E-state index contributed by atoms with van der Waals surface area (Å²) in [4.78, 5) is 8.63. The molecule has 17 heavy (non-hydrogen) atoms. The van der Waals surface area contributed by atoms with Crippen molar-refractivity contribution in [2.75, 3.05) is 18.5 Å². The van der Waals surface area contributed by atoms with E-state index in [2.05, 4.69) is 22.2 Å². The summed E-state index contributed by atoms with van der Waals surface area (Å²) in [5.41, 5.74) is 1.96. The second-order valence-electron chi connectivity index (χ2n) is 4.38. The van der Waals surface area contributed by atoms with E-state index in [9.17, 15) is 0 Å². The number of rotatable bonds is 5. The Bertz CT molecular complexity index is 494. The molecule has 0 saturated heterocycles. The molecule has 0 bridgehead atoms. The number of aliphatic hydroxyl groups excluding tert-OH is 1. The first kappa shape index (κ1) is 11.9. The number of aromatic nitrogens is 3. The lowest BCUT2D eigenvalue weighted by atomic mass is 10.1. The van der Waals surface area contributed by atoms with Crippen LogP contribution in [0.2, 0.25) is 0 Å². The fraction of sp³-hybridized carbons (Fsp3) is 0.500. The van der Waals surface area contributed by atoms with Gasteiger partial charge in [0.1, 0.15) is 5.52 Å². The Kier molecular flexibility index (Phi) is 3.58. The van der Waals surface area contributed by atoms with E-state index in [-0.39, 0.29) is 6.61 Å². The molecule has 1 unspecified atom stereocenters. The normalized spacial score (nSPS) is 12.9. The van der Waals surface area contributed by atoms with Crippen LogP contribution in [0.3, 0.4) is 0 Å². The van der Waals surface area contributed by atoms with Crippen molar-refractivity contribution in [3.05, 3.63) is 18.6 Å². The van der Waals surface area contributed by atoms with Gasteiger partial charge in [0.2, 0.25) is 0 Å². The molecule has 1 atom stereocenters. The summed E-state index contributed by atoms with van der Waals surface area (Å²) in [5, 5.41) is 12.1. The number of aryl methyl sites for hydroxylation is 1. The topological polar surface area (TPSA) is 63.0 Å². The van der Waals surface area contributed by atoms with Gasteiger partial charge >= 0.3 is 0 Å². The van der Waals surface area contributed by atoms with Gasteiger partial charge < -0.3 is 15.0 Å². The minimum atomic E-state index is 0.226. The Labute approximate surface area is 101 Å². The van der Waals surface area contributed by atoms with E-state index in [0.29, 0.717) is 5.92 Å². The number of imidazole rings is 1. The van der Waals surface area contributed by atoms with Crippen molar-refractivity contribution >= 4 is 16.9 Å². The molecule has 0 radical (unpaired) electrons. The fourth-order valence-corrected chi connectivity index (χ4v) is 1.78. The number of hydrogen-bond donors (Lipinski definition) is 2. The SMILES string of the molecule is CC(CCO)CNc1nccc2c1ncn2C. The summed E-state index contributed by atoms with van der Waals surface area (Å²) in [6, 6.07) is 1.95. The van der Waals surface area contributed by atoms with Crippen molar-refractivity contribution in [3.8, 4) is 0 Å². The van der Waals surface area contributed by atoms with Crippen molar-refractivity contribution in [1.29, 1.82) is 0 Å². The smallest absolute Gasteiger partial charge is 0.154 e. The summed E-state index contributed by atoms with van der Waals surface area (Å²) < 4.78 is 1.97. The first-order valence-corrected chi connectivity index (χ1v) is 5.83. The molecular weight excluding hydrogens is 216 g/mol. The molecule has 0 aliphatic heterocycles. The Morgan fingerprint density at radius 1 is 1.47 bits per heavy atom. The third-order valence-corrected chi connectivity index (χ3v) is 2.88. The van der Waals surface area contributed by atoms with Crippen LogP contribution >= 0.6 is 0 Å². The van der Waals surface area contributed by atoms with Crippen LogP contribution in [0.5, 0.6) is 0 Å². The van der Waals surface area contributed by atoms with E-state index in [0.717, 1.165) is 29.8 Å².